The van der Waals surface area contributed by atoms with E-state index < -0.39 is 12.0 Å². The molecule has 2 aromatic rings. The Morgan fingerprint density at radius 3 is 2.68 bits per heavy atom. The summed E-state index contributed by atoms with van der Waals surface area (Å²) < 4.78 is 0. The summed E-state index contributed by atoms with van der Waals surface area (Å²) in [4.78, 5) is 28.5. The predicted octanol–water partition coefficient (Wildman–Crippen LogP) is 3.25. The van der Waals surface area contributed by atoms with Crippen LogP contribution in [0, 0.1) is 22.7 Å². The van der Waals surface area contributed by atoms with Crippen LogP contribution in [0.3, 0.4) is 0 Å². The molecule has 1 aliphatic heterocycles. The van der Waals surface area contributed by atoms with Gasteiger partial charge in [-0.05, 0) is 35.7 Å². The van der Waals surface area contributed by atoms with Crippen LogP contribution in [0.15, 0.2) is 60.3 Å². The Hall–Kier alpha value is -3.92. The third-order valence-electron chi connectivity index (χ3n) is 5.24. The van der Waals surface area contributed by atoms with Crippen LogP contribution in [0.2, 0.25) is 0 Å². The summed E-state index contributed by atoms with van der Waals surface area (Å²) in [5.41, 5.74) is 8.16. The fourth-order valence-electron chi connectivity index (χ4n) is 3.96. The maximum absolute atomic E-state index is 13.5. The Kier molecular flexibility index (Phi) is 6.51. The fraction of sp³-hybridized carbons (Fsp3) is 0.250. The molecule has 0 spiro atoms. The molecule has 158 valence electrons. The van der Waals surface area contributed by atoms with Crippen LogP contribution in [0.4, 0.5) is 5.69 Å². The van der Waals surface area contributed by atoms with E-state index in [1.807, 2.05) is 13.8 Å². The normalized spacial score (nSPS) is 18.3. The number of nitrogens with one attached hydrogen (secondary N) is 2. The zero-order valence-electron chi connectivity index (χ0n) is 17.5. The molecular weight excluding hydrogens is 390 g/mol. The predicted molar refractivity (Wildman–Crippen MR) is 120 cm³/mol. The third-order valence-corrected chi connectivity index (χ3v) is 5.24. The average Bonchev–Trinajstić information content (AvgIpc) is 2.77. The third kappa shape index (κ3) is 4.33. The Balaban J connectivity index is 2.13. The summed E-state index contributed by atoms with van der Waals surface area (Å²) >= 11 is 0. The molecule has 7 heteroatoms. The van der Waals surface area contributed by atoms with E-state index in [1.54, 1.807) is 53.4 Å². The van der Waals surface area contributed by atoms with E-state index in [4.69, 9.17) is 16.4 Å². The van der Waals surface area contributed by atoms with Crippen molar-refractivity contribution in [2.75, 3.05) is 11.9 Å². The van der Waals surface area contributed by atoms with Crippen molar-refractivity contribution in [3.63, 3.8) is 0 Å². The molecule has 2 aromatic carbocycles. The summed E-state index contributed by atoms with van der Waals surface area (Å²) in [7, 11) is 0. The van der Waals surface area contributed by atoms with Gasteiger partial charge in [-0.15, -0.1) is 0 Å². The minimum absolute atomic E-state index is 0.150. The number of nitrogens with zero attached hydrogens (tertiary/aromatic N) is 2. The standard InChI is InChI=1S/C24H25N5O2/c1-15(2)14-29-22(17(12-26)13-27)21(19-8-3-4-9-20(19)24(29)31)23(30)28-18-7-5-6-16(10-18)11-25/h3-10,12-13,15,21-22,26H,14,27H2,1-2H3,(H,28,30)/b17-13+,26-12?/t21-,22+/m1/s1. The minimum atomic E-state index is -0.769. The number of nitriles is 1. The summed E-state index contributed by atoms with van der Waals surface area (Å²) in [6, 6.07) is 15.0. The zero-order valence-corrected chi connectivity index (χ0v) is 17.5. The zero-order chi connectivity index (χ0) is 22.5. The summed E-state index contributed by atoms with van der Waals surface area (Å²) in [6.07, 6.45) is 2.37. The van der Waals surface area contributed by atoms with Crippen molar-refractivity contribution in [1.82, 2.24) is 4.90 Å². The summed E-state index contributed by atoms with van der Waals surface area (Å²) in [5, 5.41) is 19.9. The van der Waals surface area contributed by atoms with Crippen LogP contribution >= 0.6 is 0 Å². The molecule has 2 atom stereocenters. The molecular formula is C24H25N5O2. The number of fused-ring (bicyclic) bond motifs is 1. The van der Waals surface area contributed by atoms with Gasteiger partial charge >= 0.3 is 0 Å². The number of anilines is 1. The number of hydrogen-bond acceptors (Lipinski definition) is 5. The smallest absolute Gasteiger partial charge is 0.254 e. The number of rotatable bonds is 6. The lowest BCUT2D eigenvalue weighted by atomic mass is 9.79. The second kappa shape index (κ2) is 9.26. The van der Waals surface area contributed by atoms with Gasteiger partial charge in [-0.1, -0.05) is 38.1 Å². The number of benzene rings is 2. The second-order valence-corrected chi connectivity index (χ2v) is 7.85. The molecule has 1 heterocycles. The van der Waals surface area contributed by atoms with Gasteiger partial charge in [0.25, 0.3) is 5.91 Å². The molecule has 0 fully saturated rings. The van der Waals surface area contributed by atoms with Crippen molar-refractivity contribution in [2.45, 2.75) is 25.8 Å². The molecule has 4 N–H and O–H groups in total. The van der Waals surface area contributed by atoms with E-state index >= 15 is 0 Å². The molecule has 0 unspecified atom stereocenters. The maximum Gasteiger partial charge on any atom is 0.254 e. The molecule has 0 bridgehead atoms. The van der Waals surface area contributed by atoms with E-state index in [0.29, 0.717) is 34.5 Å². The van der Waals surface area contributed by atoms with Gasteiger partial charge in [0.15, 0.2) is 0 Å². The van der Waals surface area contributed by atoms with Crippen molar-refractivity contribution in [3.05, 3.63) is 77.0 Å². The highest BCUT2D eigenvalue weighted by atomic mass is 16.2. The highest BCUT2D eigenvalue weighted by Gasteiger charge is 2.44. The first-order chi connectivity index (χ1) is 14.9. The van der Waals surface area contributed by atoms with Crippen molar-refractivity contribution < 1.29 is 9.59 Å². The average molecular weight is 415 g/mol. The largest absolute Gasteiger partial charge is 0.404 e. The van der Waals surface area contributed by atoms with Crippen LogP contribution < -0.4 is 11.1 Å². The van der Waals surface area contributed by atoms with Crippen LogP contribution in [0.25, 0.3) is 0 Å². The van der Waals surface area contributed by atoms with Crippen molar-refractivity contribution >= 4 is 23.7 Å². The fourth-order valence-corrected chi connectivity index (χ4v) is 3.96. The first-order valence-corrected chi connectivity index (χ1v) is 10.0. The van der Waals surface area contributed by atoms with E-state index in [1.165, 1.54) is 6.20 Å². The topological polar surface area (TPSA) is 123 Å². The number of carbonyl (C=O) groups is 2. The molecule has 0 saturated heterocycles. The first kappa shape index (κ1) is 21.8. The SMILES string of the molecule is CC(C)CN1C(=O)c2ccccc2[C@@H](C(=O)Nc2cccc(C#N)c2)[C@@H]1/C(C=N)=C/N. The van der Waals surface area contributed by atoms with Gasteiger partial charge in [0, 0.05) is 35.8 Å². The molecule has 7 nitrogen and oxygen atoms in total. The minimum Gasteiger partial charge on any atom is -0.404 e. The number of amides is 2. The molecule has 0 radical (unpaired) electrons. The number of hydrogen-bond donors (Lipinski definition) is 3. The molecule has 2 amide bonds. The van der Waals surface area contributed by atoms with E-state index in [0.717, 1.165) is 6.21 Å². The quantitative estimate of drug-likeness (QED) is 0.627. The van der Waals surface area contributed by atoms with Gasteiger partial charge in [0.05, 0.1) is 23.6 Å². The lowest BCUT2D eigenvalue weighted by Crippen LogP contribution is -2.53. The van der Waals surface area contributed by atoms with E-state index in [9.17, 15) is 9.59 Å². The van der Waals surface area contributed by atoms with Crippen LogP contribution in [-0.2, 0) is 4.79 Å². The molecule has 0 aromatic heterocycles. The van der Waals surface area contributed by atoms with Gasteiger partial charge in [0.1, 0.15) is 0 Å². The van der Waals surface area contributed by atoms with Crippen molar-refractivity contribution in [2.24, 2.45) is 11.7 Å². The molecule has 3 rings (SSSR count). The van der Waals surface area contributed by atoms with Crippen molar-refractivity contribution in [1.29, 1.82) is 10.7 Å². The lowest BCUT2D eigenvalue weighted by Gasteiger charge is -2.42. The first-order valence-electron chi connectivity index (χ1n) is 10.0. The highest BCUT2D eigenvalue weighted by Crippen LogP contribution is 2.37. The van der Waals surface area contributed by atoms with E-state index in [-0.39, 0.29) is 17.7 Å². The second-order valence-electron chi connectivity index (χ2n) is 7.85. The Morgan fingerprint density at radius 1 is 1.29 bits per heavy atom. The molecule has 31 heavy (non-hydrogen) atoms. The molecule has 1 aliphatic rings. The van der Waals surface area contributed by atoms with Gasteiger partial charge in [-0.25, -0.2) is 0 Å². The monoisotopic (exact) mass is 415 g/mol. The van der Waals surface area contributed by atoms with E-state index in [2.05, 4.69) is 11.4 Å². The van der Waals surface area contributed by atoms with Crippen LogP contribution in [0.1, 0.15) is 41.3 Å². The molecule has 0 aliphatic carbocycles. The van der Waals surface area contributed by atoms with Crippen LogP contribution in [-0.4, -0.2) is 35.5 Å². The Labute approximate surface area is 181 Å². The Bertz CT molecular complexity index is 1080. The Morgan fingerprint density at radius 2 is 2.03 bits per heavy atom. The summed E-state index contributed by atoms with van der Waals surface area (Å²) in [6.45, 7) is 4.39. The van der Waals surface area contributed by atoms with Gasteiger partial charge < -0.3 is 21.4 Å². The van der Waals surface area contributed by atoms with Gasteiger partial charge in [-0.2, -0.15) is 5.26 Å². The summed E-state index contributed by atoms with van der Waals surface area (Å²) in [5.74, 6) is -1.15. The highest BCUT2D eigenvalue weighted by molar-refractivity contribution is 6.05. The number of nitrogens with two attached hydrogens (primary N) is 1. The maximum atomic E-state index is 13.5. The molecule has 0 saturated carbocycles. The van der Waals surface area contributed by atoms with Crippen LogP contribution in [0.5, 0.6) is 0 Å². The van der Waals surface area contributed by atoms with Crippen molar-refractivity contribution in [3.8, 4) is 6.07 Å². The number of carbonyl (C=O) groups excluding carboxylic acids is 2. The lowest BCUT2D eigenvalue weighted by molar-refractivity contribution is -0.118. The van der Waals surface area contributed by atoms with Gasteiger partial charge in [0.2, 0.25) is 5.91 Å². The van der Waals surface area contributed by atoms with Gasteiger partial charge in [-0.3, -0.25) is 9.59 Å².